The SMILES string of the molecule is CC(C)(C)c1ccc(-c2ccc(Cl)cc2CC(=O)O)cc1. The van der Waals surface area contributed by atoms with Crippen molar-refractivity contribution in [3.8, 4) is 11.1 Å². The summed E-state index contributed by atoms with van der Waals surface area (Å²) < 4.78 is 0. The molecule has 0 heterocycles. The minimum Gasteiger partial charge on any atom is -0.481 e. The van der Waals surface area contributed by atoms with Gasteiger partial charge >= 0.3 is 5.97 Å². The largest absolute Gasteiger partial charge is 0.481 e. The fourth-order valence-electron chi connectivity index (χ4n) is 2.30. The van der Waals surface area contributed by atoms with E-state index in [4.69, 9.17) is 16.7 Å². The van der Waals surface area contributed by atoms with Crippen LogP contribution in [0.1, 0.15) is 31.9 Å². The average Bonchev–Trinajstić information content (AvgIpc) is 2.37. The van der Waals surface area contributed by atoms with Gasteiger partial charge in [0.2, 0.25) is 0 Å². The molecule has 0 aliphatic heterocycles. The number of hydrogen-bond donors (Lipinski definition) is 1. The molecular formula is C18H19ClO2. The van der Waals surface area contributed by atoms with Crippen LogP contribution in [0.5, 0.6) is 0 Å². The van der Waals surface area contributed by atoms with Crippen molar-refractivity contribution in [3.05, 3.63) is 58.6 Å². The predicted octanol–water partition coefficient (Wildman–Crippen LogP) is 4.93. The fraction of sp³-hybridized carbons (Fsp3) is 0.278. The number of carboxylic acids is 1. The maximum absolute atomic E-state index is 11.0. The third kappa shape index (κ3) is 3.85. The number of halogens is 1. The third-order valence-corrected chi connectivity index (χ3v) is 3.71. The van der Waals surface area contributed by atoms with Crippen LogP contribution in [0.2, 0.25) is 5.02 Å². The maximum Gasteiger partial charge on any atom is 0.307 e. The Morgan fingerprint density at radius 3 is 2.24 bits per heavy atom. The van der Waals surface area contributed by atoms with E-state index in [0.29, 0.717) is 5.02 Å². The Morgan fingerprint density at radius 2 is 1.71 bits per heavy atom. The van der Waals surface area contributed by atoms with Crippen molar-refractivity contribution in [2.45, 2.75) is 32.6 Å². The van der Waals surface area contributed by atoms with E-state index in [1.54, 1.807) is 12.1 Å². The summed E-state index contributed by atoms with van der Waals surface area (Å²) in [5, 5.41) is 9.59. The van der Waals surface area contributed by atoms with E-state index in [1.807, 2.05) is 18.2 Å². The van der Waals surface area contributed by atoms with E-state index < -0.39 is 5.97 Å². The topological polar surface area (TPSA) is 37.3 Å². The molecule has 2 rings (SSSR count). The first-order chi connectivity index (χ1) is 9.77. The summed E-state index contributed by atoms with van der Waals surface area (Å²) in [6, 6.07) is 13.7. The van der Waals surface area contributed by atoms with Crippen LogP contribution in [-0.2, 0) is 16.6 Å². The van der Waals surface area contributed by atoms with Crippen LogP contribution < -0.4 is 0 Å². The summed E-state index contributed by atoms with van der Waals surface area (Å²) in [4.78, 5) is 11.0. The van der Waals surface area contributed by atoms with Gasteiger partial charge in [0, 0.05) is 5.02 Å². The summed E-state index contributed by atoms with van der Waals surface area (Å²) in [5.74, 6) is -0.857. The number of rotatable bonds is 3. The van der Waals surface area contributed by atoms with Crippen molar-refractivity contribution in [1.82, 2.24) is 0 Å². The lowest BCUT2D eigenvalue weighted by molar-refractivity contribution is -0.136. The van der Waals surface area contributed by atoms with Gasteiger partial charge in [0.15, 0.2) is 0 Å². The van der Waals surface area contributed by atoms with Crippen LogP contribution in [0.15, 0.2) is 42.5 Å². The van der Waals surface area contributed by atoms with Gasteiger partial charge in [-0.05, 0) is 39.8 Å². The Bertz CT molecular complexity index is 652. The molecule has 0 unspecified atom stereocenters. The summed E-state index contributed by atoms with van der Waals surface area (Å²) >= 11 is 5.98. The summed E-state index contributed by atoms with van der Waals surface area (Å²) in [6.45, 7) is 6.50. The molecule has 0 aliphatic carbocycles. The molecule has 0 radical (unpaired) electrons. The lowest BCUT2D eigenvalue weighted by Crippen LogP contribution is -2.10. The Morgan fingerprint density at radius 1 is 1.10 bits per heavy atom. The number of carboxylic acid groups (broad SMARTS) is 1. The first kappa shape index (κ1) is 15.6. The van der Waals surface area contributed by atoms with Gasteiger partial charge in [0.25, 0.3) is 0 Å². The summed E-state index contributed by atoms with van der Waals surface area (Å²) in [5.41, 5.74) is 4.01. The molecule has 0 spiro atoms. The van der Waals surface area contributed by atoms with Gasteiger partial charge in [-0.15, -0.1) is 0 Å². The molecule has 2 aromatic rings. The zero-order valence-electron chi connectivity index (χ0n) is 12.5. The van der Waals surface area contributed by atoms with Crippen molar-refractivity contribution in [2.24, 2.45) is 0 Å². The number of carbonyl (C=O) groups is 1. The van der Waals surface area contributed by atoms with Crippen molar-refractivity contribution in [3.63, 3.8) is 0 Å². The van der Waals surface area contributed by atoms with E-state index in [9.17, 15) is 4.79 Å². The second kappa shape index (κ2) is 5.90. The maximum atomic E-state index is 11.0. The average molecular weight is 303 g/mol. The highest BCUT2D eigenvalue weighted by Crippen LogP contribution is 2.29. The molecule has 0 fully saturated rings. The Balaban J connectivity index is 2.44. The zero-order chi connectivity index (χ0) is 15.6. The minimum absolute atomic E-state index is 0.0308. The van der Waals surface area contributed by atoms with E-state index in [2.05, 4.69) is 32.9 Å². The highest BCUT2D eigenvalue weighted by atomic mass is 35.5. The molecule has 0 aromatic heterocycles. The Labute approximate surface area is 130 Å². The zero-order valence-corrected chi connectivity index (χ0v) is 13.2. The van der Waals surface area contributed by atoms with Crippen LogP contribution >= 0.6 is 11.6 Å². The van der Waals surface area contributed by atoms with Crippen LogP contribution in [-0.4, -0.2) is 11.1 Å². The molecule has 110 valence electrons. The molecule has 0 amide bonds. The molecule has 0 bridgehead atoms. The first-order valence-electron chi connectivity index (χ1n) is 6.88. The van der Waals surface area contributed by atoms with Crippen LogP contribution in [0.25, 0.3) is 11.1 Å². The molecule has 21 heavy (non-hydrogen) atoms. The minimum atomic E-state index is -0.857. The molecule has 2 aromatic carbocycles. The van der Waals surface area contributed by atoms with E-state index in [-0.39, 0.29) is 11.8 Å². The molecule has 0 saturated carbocycles. The Kier molecular flexibility index (Phi) is 4.38. The van der Waals surface area contributed by atoms with Gasteiger partial charge in [-0.25, -0.2) is 0 Å². The van der Waals surface area contributed by atoms with Crippen molar-refractivity contribution >= 4 is 17.6 Å². The number of hydrogen-bond acceptors (Lipinski definition) is 1. The van der Waals surface area contributed by atoms with Gasteiger partial charge in [0.05, 0.1) is 6.42 Å². The van der Waals surface area contributed by atoms with Gasteiger partial charge in [-0.3, -0.25) is 4.79 Å². The van der Waals surface area contributed by atoms with Crippen LogP contribution in [0.4, 0.5) is 0 Å². The first-order valence-corrected chi connectivity index (χ1v) is 7.26. The second-order valence-corrected chi connectivity index (χ2v) is 6.64. The molecule has 0 aliphatic rings. The summed E-state index contributed by atoms with van der Waals surface area (Å²) in [7, 11) is 0. The smallest absolute Gasteiger partial charge is 0.307 e. The van der Waals surface area contributed by atoms with Gasteiger partial charge in [0.1, 0.15) is 0 Å². The lowest BCUT2D eigenvalue weighted by atomic mass is 9.86. The van der Waals surface area contributed by atoms with Crippen molar-refractivity contribution < 1.29 is 9.90 Å². The molecular weight excluding hydrogens is 284 g/mol. The standard InChI is InChI=1S/C18H19ClO2/c1-18(2,3)14-6-4-12(5-7-14)16-9-8-15(19)10-13(16)11-17(20)21/h4-10H,11H2,1-3H3,(H,20,21). The van der Waals surface area contributed by atoms with Crippen molar-refractivity contribution in [2.75, 3.05) is 0 Å². The second-order valence-electron chi connectivity index (χ2n) is 6.20. The molecule has 0 atom stereocenters. The lowest BCUT2D eigenvalue weighted by Gasteiger charge is -2.19. The number of aliphatic carboxylic acids is 1. The monoisotopic (exact) mass is 302 g/mol. The van der Waals surface area contributed by atoms with Gasteiger partial charge in [-0.2, -0.15) is 0 Å². The van der Waals surface area contributed by atoms with E-state index in [0.717, 1.165) is 16.7 Å². The molecule has 0 saturated heterocycles. The summed E-state index contributed by atoms with van der Waals surface area (Å²) in [6.07, 6.45) is -0.0308. The number of benzene rings is 2. The molecule has 1 N–H and O–H groups in total. The third-order valence-electron chi connectivity index (χ3n) is 3.47. The van der Waals surface area contributed by atoms with E-state index >= 15 is 0 Å². The molecule has 3 heteroatoms. The molecule has 2 nitrogen and oxygen atoms in total. The highest BCUT2D eigenvalue weighted by molar-refractivity contribution is 6.30. The predicted molar refractivity (Wildman–Crippen MR) is 86.9 cm³/mol. The van der Waals surface area contributed by atoms with Crippen LogP contribution in [0.3, 0.4) is 0 Å². The van der Waals surface area contributed by atoms with Crippen molar-refractivity contribution in [1.29, 1.82) is 0 Å². The normalized spacial score (nSPS) is 11.4. The highest BCUT2D eigenvalue weighted by Gasteiger charge is 2.14. The fourth-order valence-corrected chi connectivity index (χ4v) is 2.50. The Hall–Kier alpha value is -1.80. The van der Waals surface area contributed by atoms with Gasteiger partial charge in [-0.1, -0.05) is 62.7 Å². The van der Waals surface area contributed by atoms with Gasteiger partial charge < -0.3 is 5.11 Å². The van der Waals surface area contributed by atoms with Crippen LogP contribution in [0, 0.1) is 0 Å². The quantitative estimate of drug-likeness (QED) is 0.872. The van der Waals surface area contributed by atoms with E-state index in [1.165, 1.54) is 5.56 Å².